The number of nitrogens with one attached hydrogen (secondary N) is 2. The molecule has 1 atom stereocenters. The maximum absolute atomic E-state index is 11.8. The van der Waals surface area contributed by atoms with Crippen molar-refractivity contribution in [3.05, 3.63) is 53.2 Å². The molecule has 0 spiro atoms. The first kappa shape index (κ1) is 14.1. The van der Waals surface area contributed by atoms with Gasteiger partial charge in [0.15, 0.2) is 0 Å². The summed E-state index contributed by atoms with van der Waals surface area (Å²) >= 11 is 0. The highest BCUT2D eigenvalue weighted by Crippen LogP contribution is 2.20. The summed E-state index contributed by atoms with van der Waals surface area (Å²) in [5, 5.41) is 5.67. The van der Waals surface area contributed by atoms with E-state index in [-0.39, 0.29) is 12.1 Å². The van der Waals surface area contributed by atoms with Crippen LogP contribution in [-0.4, -0.2) is 11.0 Å². The molecule has 106 valence electrons. The van der Waals surface area contributed by atoms with E-state index in [0.717, 1.165) is 22.8 Å². The first-order valence-electron chi connectivity index (χ1n) is 6.57. The highest BCUT2D eigenvalue weighted by atomic mass is 16.3. The lowest BCUT2D eigenvalue weighted by atomic mass is 10.1. The quantitative estimate of drug-likeness (QED) is 0.900. The number of furan rings is 1. The number of amides is 2. The fourth-order valence-electron chi connectivity index (χ4n) is 2.08. The number of carbonyl (C=O) groups is 1. The van der Waals surface area contributed by atoms with E-state index in [4.69, 9.17) is 4.42 Å². The Balaban J connectivity index is 1.87. The summed E-state index contributed by atoms with van der Waals surface area (Å²) in [7, 11) is 0. The molecule has 5 heteroatoms. The Morgan fingerprint density at radius 2 is 2.20 bits per heavy atom. The van der Waals surface area contributed by atoms with Crippen molar-refractivity contribution in [3.63, 3.8) is 0 Å². The third-order valence-electron chi connectivity index (χ3n) is 3.05. The maximum atomic E-state index is 11.8. The Morgan fingerprint density at radius 3 is 2.80 bits per heavy atom. The van der Waals surface area contributed by atoms with E-state index in [9.17, 15) is 4.79 Å². The highest BCUT2D eigenvalue weighted by Gasteiger charge is 2.14. The van der Waals surface area contributed by atoms with Crippen LogP contribution in [-0.2, 0) is 6.54 Å². The van der Waals surface area contributed by atoms with Crippen molar-refractivity contribution in [2.45, 2.75) is 33.4 Å². The monoisotopic (exact) mass is 273 g/mol. The molecule has 0 unspecified atom stereocenters. The number of aromatic nitrogens is 1. The summed E-state index contributed by atoms with van der Waals surface area (Å²) in [6.45, 7) is 6.12. The van der Waals surface area contributed by atoms with Crippen molar-refractivity contribution < 1.29 is 9.21 Å². The van der Waals surface area contributed by atoms with E-state index < -0.39 is 0 Å². The molecule has 0 bridgehead atoms. The van der Waals surface area contributed by atoms with E-state index in [2.05, 4.69) is 15.6 Å². The van der Waals surface area contributed by atoms with Crippen LogP contribution in [0.5, 0.6) is 0 Å². The number of hydrogen-bond acceptors (Lipinski definition) is 3. The van der Waals surface area contributed by atoms with Gasteiger partial charge in [0.2, 0.25) is 0 Å². The summed E-state index contributed by atoms with van der Waals surface area (Å²) < 4.78 is 5.46. The van der Waals surface area contributed by atoms with Gasteiger partial charge in [0.05, 0.1) is 18.3 Å². The zero-order chi connectivity index (χ0) is 14.5. The van der Waals surface area contributed by atoms with Gasteiger partial charge in [-0.25, -0.2) is 4.79 Å². The van der Waals surface area contributed by atoms with Gasteiger partial charge < -0.3 is 15.1 Å². The second kappa shape index (κ2) is 6.23. The summed E-state index contributed by atoms with van der Waals surface area (Å²) in [4.78, 5) is 16.0. The van der Waals surface area contributed by atoms with Crippen LogP contribution in [0.3, 0.4) is 0 Å². The SMILES string of the molecule is Cc1cc([C@H](C)NC(=O)NCc2ccccn2)c(C)o1. The van der Waals surface area contributed by atoms with Crippen LogP contribution in [0.4, 0.5) is 4.79 Å². The molecule has 0 radical (unpaired) electrons. The van der Waals surface area contributed by atoms with E-state index in [1.165, 1.54) is 0 Å². The molecule has 5 nitrogen and oxygen atoms in total. The van der Waals surface area contributed by atoms with Gasteiger partial charge in [-0.1, -0.05) is 6.07 Å². The van der Waals surface area contributed by atoms with Gasteiger partial charge in [-0.3, -0.25) is 4.98 Å². The Labute approximate surface area is 118 Å². The number of aryl methyl sites for hydroxylation is 2. The molecule has 0 aliphatic carbocycles. The molecule has 0 aliphatic rings. The Bertz CT molecular complexity index is 578. The van der Waals surface area contributed by atoms with Crippen LogP contribution in [0.15, 0.2) is 34.9 Å². The van der Waals surface area contributed by atoms with Crippen molar-refractivity contribution in [1.29, 1.82) is 0 Å². The summed E-state index contributed by atoms with van der Waals surface area (Å²) in [6.07, 6.45) is 1.70. The lowest BCUT2D eigenvalue weighted by Crippen LogP contribution is -2.36. The van der Waals surface area contributed by atoms with Crippen molar-refractivity contribution >= 4 is 6.03 Å². The first-order chi connectivity index (χ1) is 9.56. The lowest BCUT2D eigenvalue weighted by molar-refractivity contribution is 0.237. The predicted molar refractivity (Wildman–Crippen MR) is 76.2 cm³/mol. The fourth-order valence-corrected chi connectivity index (χ4v) is 2.08. The number of nitrogens with zero attached hydrogens (tertiary/aromatic N) is 1. The molecule has 2 aromatic heterocycles. The van der Waals surface area contributed by atoms with Gasteiger partial charge >= 0.3 is 6.03 Å². The molecular formula is C15H19N3O2. The molecule has 2 N–H and O–H groups in total. The molecule has 2 aromatic rings. The van der Waals surface area contributed by atoms with Crippen LogP contribution in [0.25, 0.3) is 0 Å². The van der Waals surface area contributed by atoms with Gasteiger partial charge in [-0.2, -0.15) is 0 Å². The largest absolute Gasteiger partial charge is 0.466 e. The van der Waals surface area contributed by atoms with Crippen LogP contribution in [0.2, 0.25) is 0 Å². The Morgan fingerprint density at radius 1 is 1.40 bits per heavy atom. The maximum Gasteiger partial charge on any atom is 0.315 e. The van der Waals surface area contributed by atoms with E-state index in [1.54, 1.807) is 6.20 Å². The predicted octanol–water partition coefficient (Wildman–Crippen LogP) is 2.85. The Kier molecular flexibility index (Phi) is 4.40. The average molecular weight is 273 g/mol. The smallest absolute Gasteiger partial charge is 0.315 e. The van der Waals surface area contributed by atoms with Gasteiger partial charge in [0, 0.05) is 11.8 Å². The molecule has 0 fully saturated rings. The van der Waals surface area contributed by atoms with Crippen LogP contribution >= 0.6 is 0 Å². The molecule has 2 rings (SSSR count). The summed E-state index contributed by atoms with van der Waals surface area (Å²) in [6, 6.07) is 7.22. The average Bonchev–Trinajstić information content (AvgIpc) is 2.77. The topological polar surface area (TPSA) is 67.2 Å². The minimum absolute atomic E-state index is 0.101. The summed E-state index contributed by atoms with van der Waals surface area (Å²) in [5.74, 6) is 1.68. The van der Waals surface area contributed by atoms with E-state index >= 15 is 0 Å². The van der Waals surface area contributed by atoms with Crippen molar-refractivity contribution in [2.24, 2.45) is 0 Å². The fraction of sp³-hybridized carbons (Fsp3) is 0.333. The minimum atomic E-state index is -0.221. The van der Waals surface area contributed by atoms with Gasteiger partial charge in [-0.05, 0) is 39.0 Å². The lowest BCUT2D eigenvalue weighted by Gasteiger charge is -2.14. The number of hydrogen-bond donors (Lipinski definition) is 2. The molecular weight excluding hydrogens is 254 g/mol. The Hall–Kier alpha value is -2.30. The number of urea groups is 1. The van der Waals surface area contributed by atoms with Gasteiger partial charge in [-0.15, -0.1) is 0 Å². The summed E-state index contributed by atoms with van der Waals surface area (Å²) in [5.41, 5.74) is 1.82. The van der Waals surface area contributed by atoms with Crippen LogP contribution in [0, 0.1) is 13.8 Å². The second-order valence-corrected chi connectivity index (χ2v) is 4.74. The standard InChI is InChI=1S/C15H19N3O2/c1-10-8-14(12(3)20-10)11(2)18-15(19)17-9-13-6-4-5-7-16-13/h4-8,11H,9H2,1-3H3,(H2,17,18,19)/t11-/m0/s1. The van der Waals surface area contributed by atoms with E-state index in [0.29, 0.717) is 6.54 Å². The first-order valence-corrected chi connectivity index (χ1v) is 6.57. The normalized spacial score (nSPS) is 11.9. The van der Waals surface area contributed by atoms with Gasteiger partial charge in [0.25, 0.3) is 0 Å². The molecule has 0 aromatic carbocycles. The van der Waals surface area contributed by atoms with Crippen molar-refractivity contribution in [2.75, 3.05) is 0 Å². The number of pyridine rings is 1. The number of rotatable bonds is 4. The van der Waals surface area contributed by atoms with Crippen molar-refractivity contribution in [3.8, 4) is 0 Å². The van der Waals surface area contributed by atoms with Crippen molar-refractivity contribution in [1.82, 2.24) is 15.6 Å². The molecule has 2 amide bonds. The minimum Gasteiger partial charge on any atom is -0.466 e. The molecule has 0 saturated heterocycles. The molecule has 20 heavy (non-hydrogen) atoms. The third-order valence-corrected chi connectivity index (χ3v) is 3.05. The van der Waals surface area contributed by atoms with E-state index in [1.807, 2.05) is 45.0 Å². The second-order valence-electron chi connectivity index (χ2n) is 4.74. The van der Waals surface area contributed by atoms with Crippen LogP contribution < -0.4 is 10.6 Å². The highest BCUT2D eigenvalue weighted by molar-refractivity contribution is 5.74. The molecule has 0 aliphatic heterocycles. The van der Waals surface area contributed by atoms with Gasteiger partial charge in [0.1, 0.15) is 11.5 Å². The zero-order valence-electron chi connectivity index (χ0n) is 11.9. The molecule has 0 saturated carbocycles. The van der Waals surface area contributed by atoms with Crippen LogP contribution in [0.1, 0.15) is 35.7 Å². The third kappa shape index (κ3) is 3.60. The molecule has 2 heterocycles. The number of carbonyl (C=O) groups excluding carboxylic acids is 1. The zero-order valence-corrected chi connectivity index (χ0v) is 11.9.